The van der Waals surface area contributed by atoms with Crippen LogP contribution in [-0.4, -0.2) is 15.5 Å². The van der Waals surface area contributed by atoms with E-state index in [1.54, 1.807) is 17.3 Å². The second-order valence-corrected chi connectivity index (χ2v) is 31.8. The summed E-state index contributed by atoms with van der Waals surface area (Å²) in [5.41, 5.74) is 12.7. The van der Waals surface area contributed by atoms with Crippen molar-refractivity contribution in [1.29, 1.82) is 0 Å². The molecule has 4 aromatic carbocycles. The van der Waals surface area contributed by atoms with Crippen molar-refractivity contribution in [3.63, 3.8) is 0 Å². The number of halogens is 4. The largest absolute Gasteiger partial charge is 0.147 e. The van der Waals surface area contributed by atoms with Gasteiger partial charge in [0.2, 0.25) is 0 Å². The monoisotopic (exact) mass is 852 g/mol. The quantitative estimate of drug-likeness (QED) is 0.155. The molecule has 0 amide bonds. The van der Waals surface area contributed by atoms with Crippen molar-refractivity contribution in [2.45, 2.75) is 92.3 Å². The van der Waals surface area contributed by atoms with Gasteiger partial charge in [0.05, 0.1) is 0 Å². The van der Waals surface area contributed by atoms with E-state index in [1.807, 2.05) is 0 Å². The molecule has 1 unspecified atom stereocenters. The van der Waals surface area contributed by atoms with Crippen LogP contribution in [-0.2, 0) is 36.5 Å². The van der Waals surface area contributed by atoms with Crippen molar-refractivity contribution in [3.8, 4) is 11.1 Å². The van der Waals surface area contributed by atoms with Crippen molar-refractivity contribution < 1.29 is 19.3 Å². The summed E-state index contributed by atoms with van der Waals surface area (Å²) in [5.74, 6) is 0.356. The van der Waals surface area contributed by atoms with Crippen LogP contribution < -0.4 is 3.27 Å². The van der Waals surface area contributed by atoms with Gasteiger partial charge >= 0.3 is 313 Å². The normalized spacial score (nSPS) is 15.5. The fraction of sp³-hybridized carbons (Fsp3) is 0.333. The zero-order valence-corrected chi connectivity index (χ0v) is 38.7. The molecule has 0 saturated carbocycles. The van der Waals surface area contributed by atoms with Gasteiger partial charge in [-0.15, -0.1) is 24.8 Å². The number of hydrogen-bond acceptors (Lipinski definition) is 0. The van der Waals surface area contributed by atoms with Gasteiger partial charge in [-0.3, -0.25) is 0 Å². The summed E-state index contributed by atoms with van der Waals surface area (Å²) in [6.45, 7) is 26.5. The molecule has 0 saturated heterocycles. The third-order valence-electron chi connectivity index (χ3n) is 10.7. The van der Waals surface area contributed by atoms with E-state index in [9.17, 15) is 0 Å². The van der Waals surface area contributed by atoms with Gasteiger partial charge in [0, 0.05) is 0 Å². The molecular formula is C45H54Cl4SiZr. The van der Waals surface area contributed by atoms with Gasteiger partial charge in [0.1, 0.15) is 0 Å². The van der Waals surface area contributed by atoms with Crippen LogP contribution in [0.3, 0.4) is 0 Å². The van der Waals surface area contributed by atoms with Crippen molar-refractivity contribution in [2.75, 3.05) is 0 Å². The summed E-state index contributed by atoms with van der Waals surface area (Å²) in [7, 11) is -1.61. The molecular weight excluding hydrogens is 802 g/mol. The minimum Gasteiger partial charge on any atom is -0.147 e. The van der Waals surface area contributed by atoms with Gasteiger partial charge in [-0.2, -0.15) is 0 Å². The molecule has 2 aliphatic rings. The Labute approximate surface area is 335 Å². The SMILES string of the molecule is CC1=[C]([Zr](=[CH]c2ccc(Cl)cc2)(=[CH]c2ccc(Cl)cc2)[c]2cc(C(C)(C)C)cc3c2Cc2ccc(C(C)(C)C)cc2-3)C(C)C=C1[Si](C)(C)C.Cl.Cl. The molecule has 0 spiro atoms. The van der Waals surface area contributed by atoms with Crippen molar-refractivity contribution >= 4 is 66.8 Å². The predicted octanol–water partition coefficient (Wildman–Crippen LogP) is 13.2. The Bertz CT molecular complexity index is 2080. The molecule has 270 valence electrons. The van der Waals surface area contributed by atoms with E-state index in [-0.39, 0.29) is 35.6 Å². The molecule has 51 heavy (non-hydrogen) atoms. The third kappa shape index (κ3) is 8.38. The van der Waals surface area contributed by atoms with E-state index in [0.717, 1.165) is 16.5 Å². The minimum atomic E-state index is -4.02. The first kappa shape index (κ1) is 42.1. The average Bonchev–Trinajstić information content (AvgIpc) is 3.54. The maximum absolute atomic E-state index is 6.50. The molecule has 2 aliphatic carbocycles. The summed E-state index contributed by atoms with van der Waals surface area (Å²) in [6, 6.07) is 29.6. The van der Waals surface area contributed by atoms with E-state index in [2.05, 4.69) is 167 Å². The molecule has 0 aromatic heterocycles. The van der Waals surface area contributed by atoms with Crippen molar-refractivity contribution in [2.24, 2.45) is 5.92 Å². The van der Waals surface area contributed by atoms with E-state index in [4.69, 9.17) is 23.2 Å². The van der Waals surface area contributed by atoms with Gasteiger partial charge < -0.3 is 0 Å². The molecule has 1 atom stereocenters. The summed E-state index contributed by atoms with van der Waals surface area (Å²) in [4.78, 5) is 0. The Hall–Kier alpha value is -1.64. The van der Waals surface area contributed by atoms with Gasteiger partial charge in [0.25, 0.3) is 0 Å². The Balaban J connectivity index is 0.00000292. The van der Waals surface area contributed by atoms with Crippen LogP contribution in [0.1, 0.15) is 88.8 Å². The van der Waals surface area contributed by atoms with Crippen LogP contribution in [0.4, 0.5) is 0 Å². The van der Waals surface area contributed by atoms with E-state index in [1.165, 1.54) is 44.5 Å². The maximum atomic E-state index is 6.50. The first-order valence-corrected chi connectivity index (χ1v) is 27.3. The van der Waals surface area contributed by atoms with Gasteiger partial charge in [-0.1, -0.05) is 0 Å². The van der Waals surface area contributed by atoms with Gasteiger partial charge in [0.15, 0.2) is 0 Å². The fourth-order valence-electron chi connectivity index (χ4n) is 8.13. The second kappa shape index (κ2) is 15.2. The van der Waals surface area contributed by atoms with Crippen LogP contribution in [0.25, 0.3) is 11.1 Å². The van der Waals surface area contributed by atoms with E-state index >= 15 is 0 Å². The van der Waals surface area contributed by atoms with Crippen LogP contribution in [0, 0.1) is 5.92 Å². The van der Waals surface area contributed by atoms with Crippen molar-refractivity contribution in [3.05, 3.63) is 142 Å². The Morgan fingerprint density at radius 2 is 1.18 bits per heavy atom. The molecule has 0 nitrogen and oxygen atoms in total. The molecule has 0 bridgehead atoms. The number of rotatable bonds is 5. The summed E-state index contributed by atoms with van der Waals surface area (Å²) in [6.07, 6.45) is 3.59. The zero-order chi connectivity index (χ0) is 35.7. The topological polar surface area (TPSA) is 0 Å². The summed E-state index contributed by atoms with van der Waals surface area (Å²) < 4.78 is 8.74. The Morgan fingerprint density at radius 1 is 0.686 bits per heavy atom. The van der Waals surface area contributed by atoms with Crippen LogP contribution in [0.2, 0.25) is 29.7 Å². The number of hydrogen-bond donors (Lipinski definition) is 0. The van der Waals surface area contributed by atoms with Crippen molar-refractivity contribution in [1.82, 2.24) is 0 Å². The molecule has 0 aliphatic heterocycles. The molecule has 0 fully saturated rings. The molecule has 0 heterocycles. The third-order valence-corrected chi connectivity index (χ3v) is 24.7. The fourth-order valence-corrected chi connectivity index (χ4v) is 23.3. The smallest absolute Gasteiger partial charge is 0.147 e. The summed E-state index contributed by atoms with van der Waals surface area (Å²) in [5, 5.41) is 3.16. The van der Waals surface area contributed by atoms with Gasteiger partial charge in [-0.05, 0) is 0 Å². The predicted molar refractivity (Wildman–Crippen MR) is 233 cm³/mol. The second-order valence-electron chi connectivity index (χ2n) is 17.5. The Kier molecular flexibility index (Phi) is 12.6. The van der Waals surface area contributed by atoms with Gasteiger partial charge in [-0.25, -0.2) is 0 Å². The minimum absolute atomic E-state index is 0. The maximum Gasteiger partial charge on any atom is -0.147 e. The molecule has 4 aromatic rings. The first-order chi connectivity index (χ1) is 22.8. The average molecular weight is 856 g/mol. The number of benzene rings is 4. The van der Waals surface area contributed by atoms with Crippen LogP contribution in [0.15, 0.2) is 99.0 Å². The number of allylic oxidation sites excluding steroid dienone is 4. The van der Waals surface area contributed by atoms with Crippen LogP contribution >= 0.6 is 48.0 Å². The molecule has 0 radical (unpaired) electrons. The zero-order valence-electron chi connectivity index (χ0n) is 32.1. The first-order valence-electron chi connectivity index (χ1n) is 17.8. The standard InChI is InChI=1S/C21H25.C10H17Si.2C7H5Cl.2ClH.Zr/c1-20(2,3)16-9-7-14-11-15-8-10-17(21(4,5)6)13-19(15)18(14)12-16;1-8-6-9(2)10(7-8)11(3,4)5;2*1-6-2-4-7(8)5-3-6;;;/h7,9-10,12-13H,11H2,1-6H3;7-8H,1-5H3;2*1-5H;2*1H;. The van der Waals surface area contributed by atoms with E-state index < -0.39 is 27.4 Å². The number of fused-ring (bicyclic) bond motifs is 3. The van der Waals surface area contributed by atoms with Crippen LogP contribution in [0.5, 0.6) is 0 Å². The molecule has 6 heteroatoms. The summed E-state index contributed by atoms with van der Waals surface area (Å²) >= 11 is 8.98. The van der Waals surface area contributed by atoms with E-state index in [0.29, 0.717) is 5.92 Å². The molecule has 6 rings (SSSR count). The molecule has 0 N–H and O–H groups in total. The Morgan fingerprint density at radius 3 is 1.63 bits per heavy atom.